The standard InChI is InChI=1S/C16H19NO4/c1-3-10(2)14(16(19)20)17-15(18)12-8-11-6-4-5-7-13(11)21-9-12/h4-8,10,14H,3,9H2,1-2H3,(H,17,18)(H,19,20). The van der Waals surface area contributed by atoms with Gasteiger partial charge in [0.15, 0.2) is 0 Å². The van der Waals surface area contributed by atoms with E-state index in [2.05, 4.69) is 5.32 Å². The van der Waals surface area contributed by atoms with Crippen molar-refractivity contribution in [3.05, 3.63) is 35.4 Å². The van der Waals surface area contributed by atoms with E-state index in [1.165, 1.54) is 0 Å². The van der Waals surface area contributed by atoms with Crippen LogP contribution < -0.4 is 10.1 Å². The molecule has 2 rings (SSSR count). The summed E-state index contributed by atoms with van der Waals surface area (Å²) >= 11 is 0. The molecule has 0 bridgehead atoms. The van der Waals surface area contributed by atoms with E-state index in [-0.39, 0.29) is 12.5 Å². The van der Waals surface area contributed by atoms with Gasteiger partial charge >= 0.3 is 5.97 Å². The van der Waals surface area contributed by atoms with Crippen molar-refractivity contribution < 1.29 is 19.4 Å². The number of aliphatic carboxylic acids is 1. The van der Waals surface area contributed by atoms with E-state index in [0.29, 0.717) is 12.0 Å². The van der Waals surface area contributed by atoms with Crippen molar-refractivity contribution in [2.24, 2.45) is 5.92 Å². The third kappa shape index (κ3) is 3.42. The van der Waals surface area contributed by atoms with E-state index in [0.717, 1.165) is 11.3 Å². The zero-order chi connectivity index (χ0) is 15.4. The predicted molar refractivity (Wildman–Crippen MR) is 78.9 cm³/mol. The Morgan fingerprint density at radius 2 is 2.10 bits per heavy atom. The lowest BCUT2D eigenvalue weighted by Crippen LogP contribution is -2.46. The second kappa shape index (κ2) is 6.43. The van der Waals surface area contributed by atoms with Crippen LogP contribution in [0.1, 0.15) is 25.8 Å². The average molecular weight is 289 g/mol. The van der Waals surface area contributed by atoms with E-state index < -0.39 is 17.9 Å². The molecule has 1 amide bonds. The molecule has 1 aliphatic rings. The van der Waals surface area contributed by atoms with Crippen LogP contribution in [-0.2, 0) is 9.59 Å². The first-order chi connectivity index (χ1) is 10.0. The van der Waals surface area contributed by atoms with Crippen LogP contribution in [-0.4, -0.2) is 29.6 Å². The van der Waals surface area contributed by atoms with E-state index in [9.17, 15) is 14.7 Å². The molecule has 2 N–H and O–H groups in total. The summed E-state index contributed by atoms with van der Waals surface area (Å²) in [6.07, 6.45) is 2.42. The largest absolute Gasteiger partial charge is 0.488 e. The second-order valence-corrected chi connectivity index (χ2v) is 5.17. The first kappa shape index (κ1) is 15.1. The van der Waals surface area contributed by atoms with Crippen molar-refractivity contribution >= 4 is 18.0 Å². The number of carbonyl (C=O) groups is 2. The Balaban J connectivity index is 2.14. The number of nitrogens with one attached hydrogen (secondary N) is 1. The van der Waals surface area contributed by atoms with E-state index >= 15 is 0 Å². The molecule has 5 nitrogen and oxygen atoms in total. The Bertz CT molecular complexity index is 579. The Kier molecular flexibility index (Phi) is 4.62. The molecular formula is C16H19NO4. The highest BCUT2D eigenvalue weighted by atomic mass is 16.5. The fraction of sp³-hybridized carbons (Fsp3) is 0.375. The molecule has 0 saturated carbocycles. The minimum atomic E-state index is -1.02. The van der Waals surface area contributed by atoms with Gasteiger partial charge in [0, 0.05) is 5.56 Å². The van der Waals surface area contributed by atoms with Gasteiger partial charge < -0.3 is 15.2 Å². The van der Waals surface area contributed by atoms with Gasteiger partial charge in [-0.25, -0.2) is 4.79 Å². The SMILES string of the molecule is CCC(C)C(NC(=O)C1=Cc2ccccc2OC1)C(=O)O. The number of benzene rings is 1. The summed E-state index contributed by atoms with van der Waals surface area (Å²) in [6, 6.07) is 6.52. The van der Waals surface area contributed by atoms with Gasteiger partial charge in [0.05, 0.1) is 5.57 Å². The summed E-state index contributed by atoms with van der Waals surface area (Å²) in [5.41, 5.74) is 1.26. The Hall–Kier alpha value is -2.30. The number of carboxylic acid groups (broad SMARTS) is 1. The lowest BCUT2D eigenvalue weighted by atomic mass is 9.98. The number of carboxylic acids is 1. The lowest BCUT2D eigenvalue weighted by Gasteiger charge is -2.22. The first-order valence-electron chi connectivity index (χ1n) is 6.99. The Morgan fingerprint density at radius 3 is 2.76 bits per heavy atom. The minimum Gasteiger partial charge on any atom is -0.488 e. The second-order valence-electron chi connectivity index (χ2n) is 5.17. The van der Waals surface area contributed by atoms with Crippen LogP contribution >= 0.6 is 0 Å². The van der Waals surface area contributed by atoms with Gasteiger partial charge in [0.1, 0.15) is 18.4 Å². The zero-order valence-electron chi connectivity index (χ0n) is 12.1. The molecule has 2 unspecified atom stereocenters. The number of hydrogen-bond donors (Lipinski definition) is 2. The van der Waals surface area contributed by atoms with Crippen molar-refractivity contribution in [1.29, 1.82) is 0 Å². The fourth-order valence-corrected chi connectivity index (χ4v) is 2.16. The van der Waals surface area contributed by atoms with Crippen LogP contribution in [0.15, 0.2) is 29.8 Å². The molecule has 0 radical (unpaired) electrons. The molecule has 1 aromatic rings. The summed E-state index contributed by atoms with van der Waals surface area (Å²) in [5.74, 6) is -0.817. The van der Waals surface area contributed by atoms with Crippen LogP contribution in [0.5, 0.6) is 5.75 Å². The smallest absolute Gasteiger partial charge is 0.326 e. The zero-order valence-corrected chi connectivity index (χ0v) is 12.1. The highest BCUT2D eigenvalue weighted by molar-refractivity contribution is 6.00. The first-order valence-corrected chi connectivity index (χ1v) is 6.99. The Morgan fingerprint density at radius 1 is 1.38 bits per heavy atom. The third-order valence-electron chi connectivity index (χ3n) is 3.69. The molecule has 1 heterocycles. The van der Waals surface area contributed by atoms with Crippen LogP contribution in [0.3, 0.4) is 0 Å². The molecular weight excluding hydrogens is 270 g/mol. The summed E-state index contributed by atoms with van der Waals surface area (Å²) in [6.45, 7) is 3.85. The van der Waals surface area contributed by atoms with Gasteiger partial charge in [0.25, 0.3) is 5.91 Å². The number of ether oxygens (including phenoxy) is 1. The maximum atomic E-state index is 12.2. The average Bonchev–Trinajstić information content (AvgIpc) is 2.50. The van der Waals surface area contributed by atoms with Gasteiger partial charge in [-0.1, -0.05) is 38.5 Å². The normalized spacial score (nSPS) is 16.0. The molecule has 0 aliphatic carbocycles. The maximum absolute atomic E-state index is 12.2. The van der Waals surface area contributed by atoms with Crippen LogP contribution in [0.2, 0.25) is 0 Å². The monoisotopic (exact) mass is 289 g/mol. The number of fused-ring (bicyclic) bond motifs is 1. The number of amides is 1. The van der Waals surface area contributed by atoms with Crippen molar-refractivity contribution in [1.82, 2.24) is 5.32 Å². The molecule has 0 saturated heterocycles. The van der Waals surface area contributed by atoms with Crippen molar-refractivity contribution in [2.45, 2.75) is 26.3 Å². The number of para-hydroxylation sites is 1. The Labute approximate surface area is 123 Å². The molecule has 2 atom stereocenters. The molecule has 0 spiro atoms. The number of hydrogen-bond acceptors (Lipinski definition) is 3. The molecule has 21 heavy (non-hydrogen) atoms. The van der Waals surface area contributed by atoms with Gasteiger partial charge in [-0.05, 0) is 18.1 Å². The van der Waals surface area contributed by atoms with Crippen molar-refractivity contribution in [2.75, 3.05) is 6.61 Å². The van der Waals surface area contributed by atoms with E-state index in [1.54, 1.807) is 13.0 Å². The maximum Gasteiger partial charge on any atom is 0.326 e. The molecule has 112 valence electrons. The topological polar surface area (TPSA) is 75.6 Å². The third-order valence-corrected chi connectivity index (χ3v) is 3.69. The van der Waals surface area contributed by atoms with Crippen LogP contribution in [0.25, 0.3) is 6.08 Å². The van der Waals surface area contributed by atoms with Gasteiger partial charge in [-0.15, -0.1) is 0 Å². The number of carbonyl (C=O) groups excluding carboxylic acids is 1. The fourth-order valence-electron chi connectivity index (χ4n) is 2.16. The van der Waals surface area contributed by atoms with Crippen molar-refractivity contribution in [3.8, 4) is 5.75 Å². The molecule has 1 aromatic carbocycles. The highest BCUT2D eigenvalue weighted by Gasteiger charge is 2.27. The van der Waals surface area contributed by atoms with E-state index in [1.807, 2.05) is 31.2 Å². The minimum absolute atomic E-state index is 0.135. The van der Waals surface area contributed by atoms with Crippen molar-refractivity contribution in [3.63, 3.8) is 0 Å². The summed E-state index contributed by atoms with van der Waals surface area (Å²) in [4.78, 5) is 23.5. The summed E-state index contributed by atoms with van der Waals surface area (Å²) in [7, 11) is 0. The molecule has 0 aromatic heterocycles. The van der Waals surface area contributed by atoms with Gasteiger partial charge in [0.2, 0.25) is 0 Å². The van der Waals surface area contributed by atoms with Gasteiger partial charge in [-0.2, -0.15) is 0 Å². The summed E-state index contributed by atoms with van der Waals surface area (Å²) in [5, 5.41) is 11.8. The number of rotatable bonds is 5. The van der Waals surface area contributed by atoms with E-state index in [4.69, 9.17) is 4.74 Å². The van der Waals surface area contributed by atoms with Gasteiger partial charge in [-0.3, -0.25) is 4.79 Å². The predicted octanol–water partition coefficient (Wildman–Crippen LogP) is 2.08. The van der Waals surface area contributed by atoms with Crippen LogP contribution in [0, 0.1) is 5.92 Å². The summed E-state index contributed by atoms with van der Waals surface area (Å²) < 4.78 is 5.51. The molecule has 1 aliphatic heterocycles. The lowest BCUT2D eigenvalue weighted by molar-refractivity contribution is -0.142. The molecule has 5 heteroatoms. The van der Waals surface area contributed by atoms with Crippen LogP contribution in [0.4, 0.5) is 0 Å². The quantitative estimate of drug-likeness (QED) is 0.870. The molecule has 0 fully saturated rings. The highest BCUT2D eigenvalue weighted by Crippen LogP contribution is 2.25.